The molecule has 1 spiro atoms. The fraction of sp³-hybridized carbons (Fsp3) is 0.581. The number of likely N-dealkylation sites (tertiary alicyclic amines) is 1. The number of benzene rings is 1. The second-order valence-electron chi connectivity index (χ2n) is 11.3. The lowest BCUT2D eigenvalue weighted by Crippen LogP contribution is -2.56. The van der Waals surface area contributed by atoms with Gasteiger partial charge < -0.3 is 29.4 Å². The molecule has 216 valence electrons. The van der Waals surface area contributed by atoms with Gasteiger partial charge in [0.15, 0.2) is 0 Å². The van der Waals surface area contributed by atoms with Gasteiger partial charge in [0.25, 0.3) is 5.91 Å². The molecule has 2 saturated heterocycles. The highest BCUT2D eigenvalue weighted by atomic mass is 16.5. The molecule has 1 unspecified atom stereocenters. The lowest BCUT2D eigenvalue weighted by Gasteiger charge is -2.37. The molecule has 40 heavy (non-hydrogen) atoms. The zero-order valence-corrected chi connectivity index (χ0v) is 24.1. The highest BCUT2D eigenvalue weighted by molar-refractivity contribution is 6.06. The van der Waals surface area contributed by atoms with Crippen molar-refractivity contribution in [1.82, 2.24) is 9.80 Å². The largest absolute Gasteiger partial charge is 0.396 e. The molecule has 1 N–H and O–H groups in total. The van der Waals surface area contributed by atoms with Gasteiger partial charge in [0.05, 0.1) is 17.4 Å². The molecule has 9 nitrogen and oxygen atoms in total. The molecule has 3 amide bonds. The Labute approximate surface area is 237 Å². The van der Waals surface area contributed by atoms with E-state index in [1.54, 1.807) is 14.7 Å². The molecule has 0 radical (unpaired) electrons. The summed E-state index contributed by atoms with van der Waals surface area (Å²) in [7, 11) is 0. The average molecular weight is 551 g/mol. The Kier molecular flexibility index (Phi) is 7.81. The van der Waals surface area contributed by atoms with Crippen LogP contribution in [-0.2, 0) is 19.1 Å². The first kappa shape index (κ1) is 28.4. The van der Waals surface area contributed by atoms with E-state index in [1.807, 2.05) is 62.4 Å². The summed E-state index contributed by atoms with van der Waals surface area (Å²) in [4.78, 5) is 49.9. The molecule has 4 aliphatic rings. The molecule has 9 heteroatoms. The van der Waals surface area contributed by atoms with E-state index in [4.69, 9.17) is 4.74 Å². The lowest BCUT2D eigenvalue weighted by atomic mass is 9.74. The zero-order valence-electron chi connectivity index (χ0n) is 24.1. The van der Waals surface area contributed by atoms with Crippen LogP contribution in [-0.4, -0.2) is 95.7 Å². The van der Waals surface area contributed by atoms with Crippen LogP contribution in [0, 0.1) is 11.8 Å². The minimum absolute atomic E-state index is 0.108. The summed E-state index contributed by atoms with van der Waals surface area (Å²) in [6.45, 7) is 11.4. The predicted octanol–water partition coefficient (Wildman–Crippen LogP) is 2.60. The third-order valence-electron chi connectivity index (χ3n) is 8.98. The molecule has 1 aromatic rings. The van der Waals surface area contributed by atoms with Crippen molar-refractivity contribution in [2.24, 2.45) is 11.8 Å². The van der Waals surface area contributed by atoms with Gasteiger partial charge in [-0.3, -0.25) is 14.4 Å². The molecular weight excluding hydrogens is 508 g/mol. The molecular formula is C31H42N4O5. The normalized spacial score (nSPS) is 31.3. The summed E-state index contributed by atoms with van der Waals surface area (Å²) in [5, 5.41) is 9.62. The van der Waals surface area contributed by atoms with Crippen LogP contribution < -0.4 is 9.80 Å². The van der Waals surface area contributed by atoms with E-state index in [9.17, 15) is 19.5 Å². The Hall–Kier alpha value is -3.17. The maximum atomic E-state index is 14.5. The number of rotatable bonds is 9. The van der Waals surface area contributed by atoms with Crippen LogP contribution in [0.4, 0.5) is 11.4 Å². The number of carbonyl (C=O) groups excluding carboxylic acids is 3. The van der Waals surface area contributed by atoms with E-state index in [0.29, 0.717) is 26.1 Å². The summed E-state index contributed by atoms with van der Waals surface area (Å²) in [5.41, 5.74) is -0.484. The first-order valence-electron chi connectivity index (χ1n) is 14.7. The fourth-order valence-corrected chi connectivity index (χ4v) is 7.19. The first-order valence-corrected chi connectivity index (χ1v) is 14.7. The monoisotopic (exact) mass is 550 g/mol. The van der Waals surface area contributed by atoms with Crippen molar-refractivity contribution in [3.8, 4) is 0 Å². The molecule has 2 fully saturated rings. The molecule has 4 aliphatic heterocycles. The Morgan fingerprint density at radius 1 is 0.925 bits per heavy atom. The minimum atomic E-state index is -1.28. The highest BCUT2D eigenvalue weighted by Crippen LogP contribution is 2.57. The van der Waals surface area contributed by atoms with Crippen molar-refractivity contribution < 1.29 is 24.2 Å². The van der Waals surface area contributed by atoms with Crippen molar-refractivity contribution in [2.75, 3.05) is 55.7 Å². The zero-order chi connectivity index (χ0) is 28.7. The van der Waals surface area contributed by atoms with Crippen LogP contribution in [0.5, 0.6) is 0 Å². The van der Waals surface area contributed by atoms with Crippen molar-refractivity contribution in [3.05, 3.63) is 48.6 Å². The molecule has 0 saturated carbocycles. The molecule has 5 rings (SSSR count). The predicted molar refractivity (Wildman–Crippen MR) is 154 cm³/mol. The van der Waals surface area contributed by atoms with Gasteiger partial charge in [-0.05, 0) is 57.9 Å². The summed E-state index contributed by atoms with van der Waals surface area (Å²) in [6.07, 6.45) is 8.76. The topological polar surface area (TPSA) is 93.6 Å². The molecule has 5 atom stereocenters. The molecule has 0 bridgehead atoms. The van der Waals surface area contributed by atoms with Crippen LogP contribution in [0.2, 0.25) is 0 Å². The summed E-state index contributed by atoms with van der Waals surface area (Å²) >= 11 is 0. The van der Waals surface area contributed by atoms with E-state index in [-0.39, 0.29) is 30.9 Å². The van der Waals surface area contributed by atoms with E-state index < -0.39 is 29.1 Å². The standard InChI is InChI=1S/C31H42N4O5/c1-5-17-33-18-8-15-30(4)24(27(33)37)25-28(38)35(20-10-21-36)26-29(39)34(19-9-16-31(25,26)40-30)23-13-11-22(12-14-23)32(6-2)7-3/h8-9,11-16,24-26,36H,5-7,10,17-21H2,1-4H3/t24-,25+,26?,30+,31+/m1/s1. The van der Waals surface area contributed by atoms with Gasteiger partial charge in [-0.1, -0.05) is 31.2 Å². The first-order chi connectivity index (χ1) is 19.3. The quantitative estimate of drug-likeness (QED) is 0.475. The molecule has 4 heterocycles. The number of anilines is 2. The number of fused-ring (bicyclic) bond motifs is 2. The van der Waals surface area contributed by atoms with Crippen molar-refractivity contribution >= 4 is 29.1 Å². The van der Waals surface area contributed by atoms with Gasteiger partial charge in [0.1, 0.15) is 11.6 Å². The maximum absolute atomic E-state index is 14.5. The number of hydrogen-bond donors (Lipinski definition) is 1. The average Bonchev–Trinajstić information content (AvgIpc) is 3.21. The van der Waals surface area contributed by atoms with Gasteiger partial charge in [0.2, 0.25) is 11.8 Å². The van der Waals surface area contributed by atoms with E-state index in [2.05, 4.69) is 18.7 Å². The Morgan fingerprint density at radius 3 is 2.27 bits per heavy atom. The van der Waals surface area contributed by atoms with Gasteiger partial charge in [-0.2, -0.15) is 0 Å². The summed E-state index contributed by atoms with van der Waals surface area (Å²) < 4.78 is 6.84. The van der Waals surface area contributed by atoms with Crippen molar-refractivity contribution in [2.45, 2.75) is 57.8 Å². The lowest BCUT2D eigenvalue weighted by molar-refractivity contribution is -0.148. The number of ether oxygens (including phenoxy) is 1. The second kappa shape index (κ2) is 11.0. The Bertz CT molecular complexity index is 1190. The molecule has 0 aromatic heterocycles. The number of hydrogen-bond acceptors (Lipinski definition) is 6. The summed E-state index contributed by atoms with van der Waals surface area (Å²) in [6, 6.07) is 6.98. The third-order valence-corrected chi connectivity index (χ3v) is 8.98. The van der Waals surface area contributed by atoms with Crippen molar-refractivity contribution in [1.29, 1.82) is 0 Å². The summed E-state index contributed by atoms with van der Waals surface area (Å²) in [5.74, 6) is -2.19. The van der Waals surface area contributed by atoms with Gasteiger partial charge in [0, 0.05) is 57.3 Å². The minimum Gasteiger partial charge on any atom is -0.396 e. The SMILES string of the molecule is CCCN1CC=C[C@]2(C)O[C@]34C=CCN(c5ccc(N(CC)CC)cc5)C(=O)C3N(CCCO)C(=O)[C@@H]4[C@@H]2C1=O. The van der Waals surface area contributed by atoms with E-state index in [0.717, 1.165) is 30.9 Å². The number of aliphatic hydroxyl groups is 1. The van der Waals surface area contributed by atoms with Crippen LogP contribution in [0.1, 0.15) is 40.5 Å². The fourth-order valence-electron chi connectivity index (χ4n) is 7.19. The smallest absolute Gasteiger partial charge is 0.253 e. The van der Waals surface area contributed by atoms with Crippen LogP contribution >= 0.6 is 0 Å². The second-order valence-corrected chi connectivity index (χ2v) is 11.3. The van der Waals surface area contributed by atoms with E-state index >= 15 is 0 Å². The van der Waals surface area contributed by atoms with Gasteiger partial charge in [-0.25, -0.2) is 0 Å². The maximum Gasteiger partial charge on any atom is 0.253 e. The van der Waals surface area contributed by atoms with E-state index in [1.165, 1.54) is 0 Å². The van der Waals surface area contributed by atoms with Crippen LogP contribution in [0.15, 0.2) is 48.6 Å². The highest BCUT2D eigenvalue weighted by Gasteiger charge is 2.74. The van der Waals surface area contributed by atoms with Crippen LogP contribution in [0.25, 0.3) is 0 Å². The number of amides is 3. The Balaban J connectivity index is 1.56. The number of nitrogens with zero attached hydrogens (tertiary/aromatic N) is 4. The van der Waals surface area contributed by atoms with Crippen LogP contribution in [0.3, 0.4) is 0 Å². The molecule has 1 aromatic carbocycles. The number of carbonyl (C=O) groups is 3. The van der Waals surface area contributed by atoms with Gasteiger partial charge in [-0.15, -0.1) is 0 Å². The Morgan fingerprint density at radius 2 is 1.62 bits per heavy atom. The van der Waals surface area contributed by atoms with Crippen molar-refractivity contribution in [3.63, 3.8) is 0 Å². The van der Waals surface area contributed by atoms with Gasteiger partial charge >= 0.3 is 0 Å². The third kappa shape index (κ3) is 4.34. The number of aliphatic hydroxyl groups excluding tert-OH is 1. The molecule has 0 aliphatic carbocycles.